The highest BCUT2D eigenvalue weighted by Crippen LogP contribution is 2.30. The molecule has 8 heteroatoms. The van der Waals surface area contributed by atoms with Crippen molar-refractivity contribution in [1.29, 1.82) is 0 Å². The first-order chi connectivity index (χ1) is 16.1. The number of carbonyl (C=O) groups excluding carboxylic acids is 2. The summed E-state index contributed by atoms with van der Waals surface area (Å²) in [4.78, 5) is 25.5. The summed E-state index contributed by atoms with van der Waals surface area (Å²) in [7, 11) is -3.37. The van der Waals surface area contributed by atoms with Crippen LogP contribution in [-0.4, -0.2) is 44.1 Å². The van der Waals surface area contributed by atoms with Gasteiger partial charge in [0, 0.05) is 30.0 Å². The van der Waals surface area contributed by atoms with Crippen LogP contribution in [0.4, 0.5) is 5.69 Å². The zero-order valence-corrected chi connectivity index (χ0v) is 20.4. The van der Waals surface area contributed by atoms with Crippen LogP contribution < -0.4 is 4.31 Å². The van der Waals surface area contributed by atoms with Crippen molar-refractivity contribution in [2.75, 3.05) is 23.7 Å². The Bertz CT molecular complexity index is 1340. The number of fused-ring (bicyclic) bond motifs is 1. The number of aromatic nitrogens is 1. The van der Waals surface area contributed by atoms with Crippen LogP contribution in [0.15, 0.2) is 54.6 Å². The molecule has 1 aliphatic heterocycles. The number of aryl methyl sites for hydroxylation is 2. The molecular weight excluding hydrogens is 452 g/mol. The van der Waals surface area contributed by atoms with Crippen molar-refractivity contribution in [1.82, 2.24) is 4.57 Å². The molecule has 178 valence electrons. The summed E-state index contributed by atoms with van der Waals surface area (Å²) in [5.74, 6) is -0.868. The fraction of sp³-hybridized carbons (Fsp3) is 0.308. The number of nitrogens with zero attached hydrogens (tertiary/aromatic N) is 2. The maximum Gasteiger partial charge on any atom is 0.340 e. The maximum absolute atomic E-state index is 12.7. The molecular formula is C26H28N2O5S. The van der Waals surface area contributed by atoms with Gasteiger partial charge in [0.25, 0.3) is 0 Å². The second-order valence-electron chi connectivity index (χ2n) is 8.64. The number of carbonyl (C=O) groups is 2. The van der Waals surface area contributed by atoms with E-state index in [1.165, 1.54) is 10.6 Å². The molecule has 3 aromatic rings. The topological polar surface area (TPSA) is 85.7 Å². The lowest BCUT2D eigenvalue weighted by atomic mass is 9.99. The molecule has 0 radical (unpaired) electrons. The third-order valence-electron chi connectivity index (χ3n) is 6.19. The van der Waals surface area contributed by atoms with E-state index in [-0.39, 0.29) is 12.4 Å². The molecule has 0 bridgehead atoms. The summed E-state index contributed by atoms with van der Waals surface area (Å²) in [5, 5.41) is 0. The lowest BCUT2D eigenvalue weighted by Crippen LogP contribution is -2.34. The number of hydrogen-bond acceptors (Lipinski definition) is 5. The Labute approximate surface area is 200 Å². The number of hydrogen-bond donors (Lipinski definition) is 0. The molecule has 7 nitrogen and oxygen atoms in total. The second kappa shape index (κ2) is 9.46. The largest absolute Gasteiger partial charge is 0.454 e. The van der Waals surface area contributed by atoms with E-state index in [0.29, 0.717) is 42.7 Å². The number of Topliss-reactive ketones (excluding diaryl/α,β-unsaturated/α-hetero) is 1. The third kappa shape index (κ3) is 4.92. The summed E-state index contributed by atoms with van der Waals surface area (Å²) in [6.45, 7) is 4.50. The van der Waals surface area contributed by atoms with Crippen LogP contribution in [0, 0.1) is 13.8 Å². The highest BCUT2D eigenvalue weighted by atomic mass is 32.2. The molecule has 2 heterocycles. The molecule has 34 heavy (non-hydrogen) atoms. The molecule has 4 rings (SSSR count). The van der Waals surface area contributed by atoms with Gasteiger partial charge < -0.3 is 9.30 Å². The molecule has 1 aromatic heterocycles. The molecule has 0 amide bonds. The van der Waals surface area contributed by atoms with Crippen molar-refractivity contribution < 1.29 is 22.7 Å². The predicted octanol–water partition coefficient (Wildman–Crippen LogP) is 3.91. The van der Waals surface area contributed by atoms with Crippen molar-refractivity contribution in [3.8, 4) is 0 Å². The van der Waals surface area contributed by atoms with Crippen molar-refractivity contribution in [2.45, 2.75) is 33.2 Å². The number of sulfonamides is 1. The lowest BCUT2D eigenvalue weighted by molar-refractivity contribution is 0.0474. The molecule has 0 spiro atoms. The molecule has 0 N–H and O–H groups in total. The van der Waals surface area contributed by atoms with E-state index in [1.54, 1.807) is 24.3 Å². The molecule has 0 saturated carbocycles. The fourth-order valence-corrected chi connectivity index (χ4v) is 5.39. The molecule has 0 unspecified atom stereocenters. The fourth-order valence-electron chi connectivity index (χ4n) is 4.39. The van der Waals surface area contributed by atoms with Gasteiger partial charge in [0.05, 0.1) is 17.5 Å². The van der Waals surface area contributed by atoms with E-state index >= 15 is 0 Å². The van der Waals surface area contributed by atoms with Gasteiger partial charge in [-0.05, 0) is 62.1 Å². The van der Waals surface area contributed by atoms with Crippen molar-refractivity contribution >= 4 is 27.5 Å². The summed E-state index contributed by atoms with van der Waals surface area (Å²) in [5.41, 5.74) is 5.10. The number of benzene rings is 2. The van der Waals surface area contributed by atoms with E-state index in [4.69, 9.17) is 4.74 Å². The van der Waals surface area contributed by atoms with Gasteiger partial charge in [-0.3, -0.25) is 9.10 Å². The van der Waals surface area contributed by atoms with Crippen LogP contribution in [0.2, 0.25) is 0 Å². The van der Waals surface area contributed by atoms with Crippen molar-refractivity contribution in [3.63, 3.8) is 0 Å². The van der Waals surface area contributed by atoms with Crippen LogP contribution in [-0.2, 0) is 27.7 Å². The minimum absolute atomic E-state index is 0.328. The normalized spacial score (nSPS) is 13.4. The van der Waals surface area contributed by atoms with Gasteiger partial charge in [-0.1, -0.05) is 30.3 Å². The summed E-state index contributed by atoms with van der Waals surface area (Å²) in [6.07, 6.45) is 2.55. The van der Waals surface area contributed by atoms with Crippen LogP contribution in [0.1, 0.15) is 49.7 Å². The highest BCUT2D eigenvalue weighted by Gasteiger charge is 2.25. The second-order valence-corrected chi connectivity index (χ2v) is 10.5. The molecule has 0 saturated heterocycles. The Balaban J connectivity index is 1.45. The zero-order chi connectivity index (χ0) is 24.5. The van der Waals surface area contributed by atoms with Crippen molar-refractivity contribution in [2.24, 2.45) is 0 Å². The zero-order valence-electron chi connectivity index (χ0n) is 19.6. The van der Waals surface area contributed by atoms with Gasteiger partial charge in [-0.15, -0.1) is 0 Å². The van der Waals surface area contributed by atoms with Gasteiger partial charge in [0.2, 0.25) is 10.0 Å². The Morgan fingerprint density at radius 3 is 2.47 bits per heavy atom. The monoisotopic (exact) mass is 480 g/mol. The average molecular weight is 481 g/mol. The van der Waals surface area contributed by atoms with Gasteiger partial charge in [0.15, 0.2) is 12.4 Å². The van der Waals surface area contributed by atoms with E-state index in [1.807, 2.05) is 48.7 Å². The van der Waals surface area contributed by atoms with E-state index in [0.717, 1.165) is 22.5 Å². The van der Waals surface area contributed by atoms with Gasteiger partial charge in [-0.2, -0.15) is 0 Å². The van der Waals surface area contributed by atoms with Crippen LogP contribution >= 0.6 is 0 Å². The first-order valence-electron chi connectivity index (χ1n) is 11.2. The number of ketones is 1. The van der Waals surface area contributed by atoms with Crippen molar-refractivity contribution in [3.05, 3.63) is 88.2 Å². The van der Waals surface area contributed by atoms with E-state index in [2.05, 4.69) is 0 Å². The number of anilines is 1. The van der Waals surface area contributed by atoms with E-state index < -0.39 is 16.0 Å². The molecule has 0 fully saturated rings. The number of ether oxygens (including phenoxy) is 1. The standard InChI is InChI=1S/C26H28N2O5S/c1-18-14-23(19(2)27(18)16-20-8-5-4-6-9-20)26(30)33-17-25(29)22-11-12-24-21(15-22)10-7-13-28(24)34(3,31)32/h4-6,8-9,11-12,14-15H,7,10,13,16-17H2,1-3H3. The number of esters is 1. The minimum Gasteiger partial charge on any atom is -0.454 e. The lowest BCUT2D eigenvalue weighted by Gasteiger charge is -2.29. The smallest absolute Gasteiger partial charge is 0.340 e. The molecule has 0 atom stereocenters. The quantitative estimate of drug-likeness (QED) is 0.378. The minimum atomic E-state index is -3.37. The predicted molar refractivity (Wildman–Crippen MR) is 131 cm³/mol. The SMILES string of the molecule is Cc1cc(C(=O)OCC(=O)c2ccc3c(c2)CCCN3S(C)(=O)=O)c(C)n1Cc1ccccc1. The summed E-state index contributed by atoms with van der Waals surface area (Å²) < 4.78 is 32.8. The van der Waals surface area contributed by atoms with Gasteiger partial charge in [0.1, 0.15) is 0 Å². The highest BCUT2D eigenvalue weighted by molar-refractivity contribution is 7.92. The Kier molecular flexibility index (Phi) is 6.61. The Morgan fingerprint density at radius 2 is 1.76 bits per heavy atom. The Morgan fingerprint density at radius 1 is 1.03 bits per heavy atom. The molecule has 0 aliphatic carbocycles. The van der Waals surface area contributed by atoms with Gasteiger partial charge in [-0.25, -0.2) is 13.2 Å². The van der Waals surface area contributed by atoms with Crippen LogP contribution in [0.5, 0.6) is 0 Å². The third-order valence-corrected chi connectivity index (χ3v) is 7.37. The van der Waals surface area contributed by atoms with Crippen LogP contribution in [0.25, 0.3) is 0 Å². The maximum atomic E-state index is 12.7. The summed E-state index contributed by atoms with van der Waals surface area (Å²) >= 11 is 0. The molecule has 1 aliphatic rings. The first-order valence-corrected chi connectivity index (χ1v) is 13.0. The molecule has 2 aromatic carbocycles. The van der Waals surface area contributed by atoms with Crippen LogP contribution in [0.3, 0.4) is 0 Å². The number of rotatable bonds is 7. The van der Waals surface area contributed by atoms with Gasteiger partial charge >= 0.3 is 5.97 Å². The summed E-state index contributed by atoms with van der Waals surface area (Å²) in [6, 6.07) is 16.7. The first kappa shape index (κ1) is 23.8. The van der Waals surface area contributed by atoms with E-state index in [9.17, 15) is 18.0 Å². The Hall–Kier alpha value is -3.39. The average Bonchev–Trinajstić information content (AvgIpc) is 3.10.